The highest BCUT2D eigenvalue weighted by atomic mass is 16.2. The minimum atomic E-state index is 0.247. The molecule has 3 heteroatoms. The van der Waals surface area contributed by atoms with Gasteiger partial charge in [-0.2, -0.15) is 0 Å². The van der Waals surface area contributed by atoms with Crippen molar-refractivity contribution < 1.29 is 4.79 Å². The van der Waals surface area contributed by atoms with E-state index in [1.54, 1.807) is 0 Å². The summed E-state index contributed by atoms with van der Waals surface area (Å²) in [5.74, 6) is 0.247. The van der Waals surface area contributed by atoms with Crippen LogP contribution in [0.1, 0.15) is 54.9 Å². The maximum absolute atomic E-state index is 12.9. The molecule has 20 heavy (non-hydrogen) atoms. The van der Waals surface area contributed by atoms with Crippen LogP contribution in [0.15, 0.2) is 18.2 Å². The molecule has 3 rings (SSSR count). The summed E-state index contributed by atoms with van der Waals surface area (Å²) in [6.07, 6.45) is 6.78. The minimum absolute atomic E-state index is 0.247. The van der Waals surface area contributed by atoms with Gasteiger partial charge in [-0.15, -0.1) is 0 Å². The van der Waals surface area contributed by atoms with Crippen molar-refractivity contribution in [1.82, 2.24) is 4.90 Å². The quantitative estimate of drug-likeness (QED) is 0.894. The van der Waals surface area contributed by atoms with Gasteiger partial charge in [0.1, 0.15) is 0 Å². The first-order valence-corrected chi connectivity index (χ1v) is 7.98. The molecule has 0 bridgehead atoms. The molecule has 0 spiro atoms. The molecule has 1 amide bonds. The van der Waals surface area contributed by atoms with E-state index < -0.39 is 0 Å². The number of carbonyl (C=O) groups is 1. The SMILES string of the molecule is CCC1CCCCN1C(=O)c1cccc2c1CCCN2. The number of benzene rings is 1. The lowest BCUT2D eigenvalue weighted by Gasteiger charge is -2.36. The fourth-order valence-corrected chi connectivity index (χ4v) is 3.56. The van der Waals surface area contributed by atoms with Gasteiger partial charge in [-0.1, -0.05) is 13.0 Å². The van der Waals surface area contributed by atoms with Gasteiger partial charge < -0.3 is 10.2 Å². The highest BCUT2D eigenvalue weighted by Crippen LogP contribution is 2.28. The molecule has 0 saturated carbocycles. The molecule has 1 aromatic carbocycles. The third-order valence-electron chi connectivity index (χ3n) is 4.68. The van der Waals surface area contributed by atoms with E-state index >= 15 is 0 Å². The van der Waals surface area contributed by atoms with Crippen LogP contribution < -0.4 is 5.32 Å². The van der Waals surface area contributed by atoms with E-state index in [0.29, 0.717) is 6.04 Å². The van der Waals surface area contributed by atoms with Gasteiger partial charge in [0, 0.05) is 30.4 Å². The summed E-state index contributed by atoms with van der Waals surface area (Å²) < 4.78 is 0. The minimum Gasteiger partial charge on any atom is -0.385 e. The lowest BCUT2D eigenvalue weighted by Crippen LogP contribution is -2.43. The molecule has 1 fully saturated rings. The Labute approximate surface area is 121 Å². The van der Waals surface area contributed by atoms with E-state index in [9.17, 15) is 4.79 Å². The van der Waals surface area contributed by atoms with Crippen LogP contribution in [-0.4, -0.2) is 29.9 Å². The Kier molecular flexibility index (Phi) is 3.95. The van der Waals surface area contributed by atoms with Crippen LogP contribution in [0.2, 0.25) is 0 Å². The predicted octanol–water partition coefficient (Wildman–Crippen LogP) is 3.45. The van der Waals surface area contributed by atoms with Crippen LogP contribution >= 0.6 is 0 Å². The maximum atomic E-state index is 12.9. The molecule has 0 aliphatic carbocycles. The molecule has 0 aromatic heterocycles. The summed E-state index contributed by atoms with van der Waals surface area (Å²) in [6.45, 7) is 4.14. The number of nitrogens with one attached hydrogen (secondary N) is 1. The smallest absolute Gasteiger partial charge is 0.254 e. The number of nitrogens with zero attached hydrogens (tertiary/aromatic N) is 1. The number of amides is 1. The topological polar surface area (TPSA) is 32.3 Å². The van der Waals surface area contributed by atoms with Crippen molar-refractivity contribution in [2.45, 2.75) is 51.5 Å². The van der Waals surface area contributed by atoms with Crippen molar-refractivity contribution in [3.05, 3.63) is 29.3 Å². The van der Waals surface area contributed by atoms with E-state index in [2.05, 4.69) is 23.2 Å². The standard InChI is InChI=1S/C17H24N2O/c1-2-13-7-3-4-12-19(13)17(20)15-8-5-10-16-14(15)9-6-11-18-16/h5,8,10,13,18H,2-4,6-7,9,11-12H2,1H3. The Balaban J connectivity index is 1.90. The molecule has 3 nitrogen and oxygen atoms in total. The van der Waals surface area contributed by atoms with Crippen molar-refractivity contribution in [2.75, 3.05) is 18.4 Å². The van der Waals surface area contributed by atoms with Crippen LogP contribution in [-0.2, 0) is 6.42 Å². The maximum Gasteiger partial charge on any atom is 0.254 e. The molecule has 1 unspecified atom stereocenters. The van der Waals surface area contributed by atoms with Gasteiger partial charge in [0.05, 0.1) is 0 Å². The van der Waals surface area contributed by atoms with Gasteiger partial charge in [-0.25, -0.2) is 0 Å². The predicted molar refractivity (Wildman–Crippen MR) is 82.2 cm³/mol. The second-order valence-electron chi connectivity index (χ2n) is 5.92. The molecular weight excluding hydrogens is 248 g/mol. The first-order valence-electron chi connectivity index (χ1n) is 7.98. The first kappa shape index (κ1) is 13.5. The lowest BCUT2D eigenvalue weighted by molar-refractivity contribution is 0.0607. The molecule has 0 radical (unpaired) electrons. The van der Waals surface area contributed by atoms with Crippen LogP contribution in [0.3, 0.4) is 0 Å². The van der Waals surface area contributed by atoms with E-state index in [0.717, 1.165) is 56.4 Å². The summed E-state index contributed by atoms with van der Waals surface area (Å²) in [5, 5.41) is 3.42. The average Bonchev–Trinajstić information content (AvgIpc) is 2.53. The van der Waals surface area contributed by atoms with Gasteiger partial charge in [0.2, 0.25) is 0 Å². The van der Waals surface area contributed by atoms with Crippen LogP contribution in [0.5, 0.6) is 0 Å². The van der Waals surface area contributed by atoms with Crippen LogP contribution in [0, 0.1) is 0 Å². The van der Waals surface area contributed by atoms with Gasteiger partial charge in [-0.3, -0.25) is 4.79 Å². The normalized spacial score (nSPS) is 22.1. The Morgan fingerprint density at radius 2 is 2.25 bits per heavy atom. The Morgan fingerprint density at radius 3 is 3.10 bits per heavy atom. The van der Waals surface area contributed by atoms with Crippen molar-refractivity contribution in [3.8, 4) is 0 Å². The molecule has 2 aliphatic rings. The summed E-state index contributed by atoms with van der Waals surface area (Å²) in [7, 11) is 0. The molecule has 2 heterocycles. The molecule has 1 saturated heterocycles. The lowest BCUT2D eigenvalue weighted by atomic mass is 9.94. The number of rotatable bonds is 2. The van der Waals surface area contributed by atoms with E-state index in [1.807, 2.05) is 12.1 Å². The fourth-order valence-electron chi connectivity index (χ4n) is 3.56. The molecule has 1 atom stereocenters. The third kappa shape index (κ3) is 2.41. The van der Waals surface area contributed by atoms with Crippen LogP contribution in [0.4, 0.5) is 5.69 Å². The fraction of sp³-hybridized carbons (Fsp3) is 0.588. The Hall–Kier alpha value is -1.51. The van der Waals surface area contributed by atoms with Crippen molar-refractivity contribution in [1.29, 1.82) is 0 Å². The number of carbonyl (C=O) groups excluding carboxylic acids is 1. The van der Waals surface area contributed by atoms with Gasteiger partial charge in [0.15, 0.2) is 0 Å². The molecule has 1 aromatic rings. The Bertz CT molecular complexity index is 498. The number of hydrogen-bond acceptors (Lipinski definition) is 2. The largest absolute Gasteiger partial charge is 0.385 e. The van der Waals surface area contributed by atoms with Crippen LogP contribution in [0.25, 0.3) is 0 Å². The zero-order valence-electron chi connectivity index (χ0n) is 12.3. The number of anilines is 1. The molecular formula is C17H24N2O. The first-order chi connectivity index (χ1) is 9.81. The Morgan fingerprint density at radius 1 is 1.35 bits per heavy atom. The summed E-state index contributed by atoms with van der Waals surface area (Å²) in [4.78, 5) is 15.1. The molecule has 2 aliphatic heterocycles. The van der Waals surface area contributed by atoms with Gasteiger partial charge in [-0.05, 0) is 56.2 Å². The number of piperidine rings is 1. The van der Waals surface area contributed by atoms with E-state index in [4.69, 9.17) is 0 Å². The monoisotopic (exact) mass is 272 g/mol. The highest BCUT2D eigenvalue weighted by Gasteiger charge is 2.28. The molecule has 1 N–H and O–H groups in total. The number of hydrogen-bond donors (Lipinski definition) is 1. The second-order valence-corrected chi connectivity index (χ2v) is 5.92. The summed E-state index contributed by atoms with van der Waals surface area (Å²) in [6, 6.07) is 6.55. The average molecular weight is 272 g/mol. The van der Waals surface area contributed by atoms with E-state index in [1.165, 1.54) is 12.0 Å². The highest BCUT2D eigenvalue weighted by molar-refractivity contribution is 5.97. The zero-order chi connectivity index (χ0) is 13.9. The van der Waals surface area contributed by atoms with Gasteiger partial charge in [0.25, 0.3) is 5.91 Å². The van der Waals surface area contributed by atoms with Crippen molar-refractivity contribution in [3.63, 3.8) is 0 Å². The zero-order valence-corrected chi connectivity index (χ0v) is 12.3. The summed E-state index contributed by atoms with van der Waals surface area (Å²) >= 11 is 0. The summed E-state index contributed by atoms with van der Waals surface area (Å²) in [5.41, 5.74) is 3.31. The van der Waals surface area contributed by atoms with Gasteiger partial charge >= 0.3 is 0 Å². The van der Waals surface area contributed by atoms with E-state index in [-0.39, 0.29) is 5.91 Å². The third-order valence-corrected chi connectivity index (χ3v) is 4.68. The second kappa shape index (κ2) is 5.86. The van der Waals surface area contributed by atoms with Crippen molar-refractivity contribution >= 4 is 11.6 Å². The number of likely N-dealkylation sites (tertiary alicyclic amines) is 1. The van der Waals surface area contributed by atoms with Crippen molar-refractivity contribution in [2.24, 2.45) is 0 Å². The number of fused-ring (bicyclic) bond motifs is 1. The molecule has 108 valence electrons.